The molecule has 0 radical (unpaired) electrons. The van der Waals surface area contributed by atoms with E-state index in [-0.39, 0.29) is 11.4 Å². The quantitative estimate of drug-likeness (QED) is 0.338. The van der Waals surface area contributed by atoms with Crippen LogP contribution >= 0.6 is 23.4 Å². The van der Waals surface area contributed by atoms with Gasteiger partial charge in [-0.2, -0.15) is 15.1 Å². The van der Waals surface area contributed by atoms with Crippen LogP contribution in [0.2, 0.25) is 5.02 Å². The van der Waals surface area contributed by atoms with E-state index < -0.39 is 5.91 Å². The van der Waals surface area contributed by atoms with Crippen molar-refractivity contribution in [1.82, 2.24) is 14.6 Å². The Morgan fingerprint density at radius 3 is 2.73 bits per heavy atom. The van der Waals surface area contributed by atoms with E-state index in [0.717, 1.165) is 27.8 Å². The molecule has 0 atom stereocenters. The Kier molecular flexibility index (Phi) is 6.07. The normalized spacial score (nSPS) is 16.2. The highest BCUT2D eigenvalue weighted by Crippen LogP contribution is 2.32. The monoisotopic (exact) mass is 526 g/mol. The fourth-order valence-corrected chi connectivity index (χ4v) is 5.13. The number of halogens is 1. The second-order valence-electron chi connectivity index (χ2n) is 8.26. The second kappa shape index (κ2) is 9.68. The number of nitrogens with one attached hydrogen (secondary N) is 1. The lowest BCUT2D eigenvalue weighted by molar-refractivity contribution is -0.114. The highest BCUT2D eigenvalue weighted by Gasteiger charge is 2.36. The first-order valence-corrected chi connectivity index (χ1v) is 12.6. The first-order valence-electron chi connectivity index (χ1n) is 11.4. The molecule has 182 valence electrons. The van der Waals surface area contributed by atoms with Crippen molar-refractivity contribution >= 4 is 62.3 Å². The van der Waals surface area contributed by atoms with Crippen LogP contribution in [0, 0.1) is 5.41 Å². The molecule has 1 N–H and O–H groups in total. The van der Waals surface area contributed by atoms with Crippen molar-refractivity contribution in [3.05, 3.63) is 101 Å². The third-order valence-corrected chi connectivity index (χ3v) is 7.11. The van der Waals surface area contributed by atoms with E-state index >= 15 is 0 Å². The molecule has 0 aliphatic carbocycles. The zero-order valence-corrected chi connectivity index (χ0v) is 20.9. The first-order chi connectivity index (χ1) is 18.1. The molecule has 2 aromatic heterocycles. The molecular formula is C27H19ClN6O2S. The fraction of sp³-hybridized carbons (Fsp3) is 0.0741. The first kappa shape index (κ1) is 23.2. The lowest BCUT2D eigenvalue weighted by Crippen LogP contribution is -2.35. The number of aliphatic imine (C=N–C) groups is 1. The molecule has 0 unspecified atom stereocenters. The van der Waals surface area contributed by atoms with Gasteiger partial charge in [0.2, 0.25) is 5.17 Å². The number of nitrogens with zero attached hydrogens (tertiary/aromatic N) is 5. The van der Waals surface area contributed by atoms with E-state index in [2.05, 4.69) is 19.6 Å². The SMILES string of the molecule is N=C1C(=Cc2cn(CCOc3ccc(Cl)cc3)c3ccccc23)C(=O)N=C2SC(c3cccnc3)=NN12. The summed E-state index contributed by atoms with van der Waals surface area (Å²) >= 11 is 7.20. The maximum Gasteiger partial charge on any atom is 0.283 e. The topological polar surface area (TPSA) is 95.9 Å². The number of fused-ring (bicyclic) bond motifs is 2. The summed E-state index contributed by atoms with van der Waals surface area (Å²) in [4.78, 5) is 21.3. The number of carbonyl (C=O) groups is 1. The summed E-state index contributed by atoms with van der Waals surface area (Å²) in [6, 6.07) is 18.9. The van der Waals surface area contributed by atoms with Gasteiger partial charge in [0.1, 0.15) is 17.4 Å². The zero-order chi connectivity index (χ0) is 25.4. The minimum atomic E-state index is -0.464. The number of amidine groups is 2. The molecule has 0 bridgehead atoms. The Bertz CT molecular complexity index is 1630. The molecule has 37 heavy (non-hydrogen) atoms. The number of benzene rings is 2. The van der Waals surface area contributed by atoms with Crippen LogP contribution in [0.25, 0.3) is 17.0 Å². The molecule has 0 saturated carbocycles. The molecule has 0 saturated heterocycles. The molecule has 4 heterocycles. The van der Waals surface area contributed by atoms with E-state index in [4.69, 9.17) is 21.7 Å². The smallest absolute Gasteiger partial charge is 0.283 e. The van der Waals surface area contributed by atoms with Crippen LogP contribution in [0.5, 0.6) is 5.75 Å². The van der Waals surface area contributed by atoms with Gasteiger partial charge >= 0.3 is 0 Å². The van der Waals surface area contributed by atoms with Gasteiger partial charge in [-0.1, -0.05) is 29.8 Å². The lowest BCUT2D eigenvalue weighted by Gasteiger charge is -2.20. The Hall–Kier alpha value is -4.21. The summed E-state index contributed by atoms with van der Waals surface area (Å²) in [5.74, 6) is 0.270. The Morgan fingerprint density at radius 2 is 1.92 bits per heavy atom. The minimum Gasteiger partial charge on any atom is -0.492 e. The zero-order valence-electron chi connectivity index (χ0n) is 19.3. The summed E-state index contributed by atoms with van der Waals surface area (Å²) in [7, 11) is 0. The van der Waals surface area contributed by atoms with Gasteiger partial charge in [0.05, 0.1) is 12.1 Å². The van der Waals surface area contributed by atoms with E-state index in [0.29, 0.717) is 28.4 Å². The number of carbonyl (C=O) groups excluding carboxylic acids is 1. The molecule has 1 amide bonds. The highest BCUT2D eigenvalue weighted by molar-refractivity contribution is 8.27. The maximum atomic E-state index is 13.0. The highest BCUT2D eigenvalue weighted by atomic mass is 35.5. The largest absolute Gasteiger partial charge is 0.492 e. The minimum absolute atomic E-state index is 0.00991. The van der Waals surface area contributed by atoms with Crippen LogP contribution in [0.3, 0.4) is 0 Å². The van der Waals surface area contributed by atoms with E-state index in [1.165, 1.54) is 16.8 Å². The van der Waals surface area contributed by atoms with Gasteiger partial charge in [-0.25, -0.2) is 0 Å². The molecule has 6 rings (SSSR count). The summed E-state index contributed by atoms with van der Waals surface area (Å²) in [6.07, 6.45) is 7.05. The number of amides is 1. The lowest BCUT2D eigenvalue weighted by atomic mass is 10.1. The molecular weight excluding hydrogens is 508 g/mol. The maximum absolute atomic E-state index is 13.0. The number of aromatic nitrogens is 2. The van der Waals surface area contributed by atoms with Gasteiger partial charge < -0.3 is 9.30 Å². The van der Waals surface area contributed by atoms with Crippen LogP contribution in [0.15, 0.2) is 94.9 Å². The standard InChI is InChI=1S/C27H19ClN6O2S/c28-19-7-9-20(10-8-19)36-13-12-33-16-18(21-5-1-2-6-23(21)33)14-22-24(29)34-27(31-25(22)35)37-26(32-34)17-4-3-11-30-15-17/h1-11,14-16,29H,12-13H2. The van der Waals surface area contributed by atoms with Crippen LogP contribution in [-0.2, 0) is 11.3 Å². The van der Waals surface area contributed by atoms with Gasteiger partial charge in [0.25, 0.3) is 5.91 Å². The summed E-state index contributed by atoms with van der Waals surface area (Å²) in [5.41, 5.74) is 2.80. The van der Waals surface area contributed by atoms with Crippen LogP contribution in [-0.4, -0.2) is 43.1 Å². The average molecular weight is 527 g/mol. The van der Waals surface area contributed by atoms with Crippen molar-refractivity contribution in [2.24, 2.45) is 10.1 Å². The number of hydrogen-bond donors (Lipinski definition) is 1. The van der Waals surface area contributed by atoms with E-state index in [1.54, 1.807) is 30.6 Å². The molecule has 2 aromatic carbocycles. The Morgan fingerprint density at radius 1 is 1.08 bits per heavy atom. The summed E-state index contributed by atoms with van der Waals surface area (Å²) in [6.45, 7) is 1.05. The number of hydrogen-bond acceptors (Lipinski definition) is 6. The number of rotatable bonds is 6. The van der Waals surface area contributed by atoms with Gasteiger partial charge in [-0.15, -0.1) is 0 Å². The van der Waals surface area contributed by atoms with Gasteiger partial charge in [0, 0.05) is 45.6 Å². The van der Waals surface area contributed by atoms with Crippen molar-refractivity contribution in [3.8, 4) is 5.75 Å². The average Bonchev–Trinajstić information content (AvgIpc) is 3.50. The fourth-order valence-electron chi connectivity index (χ4n) is 4.12. The molecule has 2 aliphatic rings. The van der Waals surface area contributed by atoms with Crippen molar-refractivity contribution < 1.29 is 9.53 Å². The predicted molar refractivity (Wildman–Crippen MR) is 147 cm³/mol. The van der Waals surface area contributed by atoms with Crippen LogP contribution in [0.1, 0.15) is 11.1 Å². The molecule has 4 aromatic rings. The van der Waals surface area contributed by atoms with Gasteiger partial charge in [0.15, 0.2) is 5.84 Å². The molecule has 0 spiro atoms. The second-order valence-corrected chi connectivity index (χ2v) is 9.66. The van der Waals surface area contributed by atoms with Crippen LogP contribution in [0.4, 0.5) is 0 Å². The Balaban J connectivity index is 1.28. The summed E-state index contributed by atoms with van der Waals surface area (Å²) < 4.78 is 7.95. The van der Waals surface area contributed by atoms with Gasteiger partial charge in [-0.05, 0) is 60.3 Å². The number of pyridine rings is 1. The van der Waals surface area contributed by atoms with Crippen molar-refractivity contribution in [3.63, 3.8) is 0 Å². The molecule has 0 fully saturated rings. The third kappa shape index (κ3) is 4.54. The third-order valence-electron chi connectivity index (χ3n) is 5.90. The molecule has 8 nitrogen and oxygen atoms in total. The predicted octanol–water partition coefficient (Wildman–Crippen LogP) is 5.44. The van der Waals surface area contributed by atoms with Crippen molar-refractivity contribution in [1.29, 1.82) is 5.41 Å². The number of para-hydroxylation sites is 1. The van der Waals surface area contributed by atoms with Crippen molar-refractivity contribution in [2.45, 2.75) is 6.54 Å². The number of ether oxygens (including phenoxy) is 1. The van der Waals surface area contributed by atoms with E-state index in [1.807, 2.05) is 54.7 Å². The summed E-state index contributed by atoms with van der Waals surface area (Å²) in [5, 5.41) is 17.3. The number of thioether (sulfide) groups is 1. The van der Waals surface area contributed by atoms with Crippen LogP contribution < -0.4 is 4.74 Å². The molecule has 10 heteroatoms. The molecule has 2 aliphatic heterocycles. The van der Waals surface area contributed by atoms with Gasteiger partial charge in [-0.3, -0.25) is 15.2 Å². The Labute approximate surface area is 221 Å². The van der Waals surface area contributed by atoms with Crippen molar-refractivity contribution in [2.75, 3.05) is 6.61 Å². The van der Waals surface area contributed by atoms with E-state index in [9.17, 15) is 4.79 Å². The number of hydrazone groups is 1.